The van der Waals surface area contributed by atoms with Crippen LogP contribution in [0.4, 0.5) is 14.5 Å². The van der Waals surface area contributed by atoms with Gasteiger partial charge in [0.15, 0.2) is 5.75 Å². The molecule has 132 valence electrons. The lowest BCUT2D eigenvalue weighted by Crippen LogP contribution is -2.18. The number of methoxy groups -OCH3 is 1. The summed E-state index contributed by atoms with van der Waals surface area (Å²) in [4.78, 5) is 19.3. The number of ether oxygens (including phenoxy) is 3. The fraction of sp³-hybridized carbons (Fsp3) is 0.312. The third-order valence-electron chi connectivity index (χ3n) is 3.48. The van der Waals surface area contributed by atoms with E-state index in [-0.39, 0.29) is 29.0 Å². The minimum absolute atomic E-state index is 0.0579. The number of nitrogens with one attached hydrogen (secondary N) is 1. The third kappa shape index (κ3) is 4.18. The molecule has 1 N–H and O–H groups in total. The lowest BCUT2D eigenvalue weighted by atomic mass is 10.2. The topological polar surface area (TPSA) is 82.6 Å². The van der Waals surface area contributed by atoms with Crippen LogP contribution >= 0.6 is 0 Å². The van der Waals surface area contributed by atoms with Gasteiger partial charge >= 0.3 is 0 Å². The molecule has 1 aliphatic heterocycles. The molecule has 1 saturated heterocycles. The van der Waals surface area contributed by atoms with E-state index in [1.165, 1.54) is 19.4 Å². The molecule has 1 amide bonds. The van der Waals surface area contributed by atoms with Crippen LogP contribution in [0.1, 0.15) is 16.8 Å². The van der Waals surface area contributed by atoms with Gasteiger partial charge in [-0.2, -0.15) is 13.8 Å². The quantitative estimate of drug-likeness (QED) is 0.832. The monoisotopic (exact) mass is 351 g/mol. The van der Waals surface area contributed by atoms with E-state index in [0.29, 0.717) is 13.2 Å². The van der Waals surface area contributed by atoms with Crippen molar-refractivity contribution in [3.8, 4) is 11.6 Å². The standard InChI is InChI=1S/C16H15F2N3O4/c1-23-16-12(25-11-2-3-24-8-11)4-9(7-19-16)15(22)20-10-5-13(17)21-14(18)6-10/h4-7,11H,2-3,8H2,1H3,(H,20,21,22). The predicted molar refractivity (Wildman–Crippen MR) is 82.7 cm³/mol. The molecule has 3 heterocycles. The summed E-state index contributed by atoms with van der Waals surface area (Å²) in [5.74, 6) is -2.16. The first kappa shape index (κ1) is 17.0. The minimum atomic E-state index is -1.03. The van der Waals surface area contributed by atoms with E-state index in [2.05, 4.69) is 15.3 Å². The first-order valence-electron chi connectivity index (χ1n) is 7.48. The summed E-state index contributed by atoms with van der Waals surface area (Å²) < 4.78 is 42.3. The SMILES string of the molecule is COc1ncc(C(=O)Nc2cc(F)nc(F)c2)cc1OC1CCOC1. The molecule has 0 spiro atoms. The number of rotatable bonds is 5. The van der Waals surface area contributed by atoms with Crippen LogP contribution in [0.15, 0.2) is 24.4 Å². The largest absolute Gasteiger partial charge is 0.482 e. The number of halogens is 2. The summed E-state index contributed by atoms with van der Waals surface area (Å²) >= 11 is 0. The van der Waals surface area contributed by atoms with Crippen molar-refractivity contribution in [1.82, 2.24) is 9.97 Å². The van der Waals surface area contributed by atoms with Crippen molar-refractivity contribution < 1.29 is 27.8 Å². The van der Waals surface area contributed by atoms with E-state index in [0.717, 1.165) is 18.6 Å². The summed E-state index contributed by atoms with van der Waals surface area (Å²) in [7, 11) is 1.43. The Labute approximate surface area is 141 Å². The number of anilines is 1. The van der Waals surface area contributed by atoms with Gasteiger partial charge < -0.3 is 19.5 Å². The van der Waals surface area contributed by atoms with E-state index in [9.17, 15) is 13.6 Å². The Kier molecular flexibility index (Phi) is 5.03. The highest BCUT2D eigenvalue weighted by atomic mass is 19.1. The maximum Gasteiger partial charge on any atom is 0.257 e. The van der Waals surface area contributed by atoms with Gasteiger partial charge in [-0.25, -0.2) is 4.98 Å². The molecule has 3 rings (SSSR count). The lowest BCUT2D eigenvalue weighted by molar-refractivity contribution is 0.102. The highest BCUT2D eigenvalue weighted by Gasteiger charge is 2.21. The number of carbonyl (C=O) groups is 1. The van der Waals surface area contributed by atoms with Crippen molar-refractivity contribution in [2.75, 3.05) is 25.6 Å². The molecule has 7 nitrogen and oxygen atoms in total. The van der Waals surface area contributed by atoms with Gasteiger partial charge in [-0.1, -0.05) is 0 Å². The zero-order valence-corrected chi connectivity index (χ0v) is 13.3. The van der Waals surface area contributed by atoms with Gasteiger partial charge in [0, 0.05) is 30.8 Å². The third-order valence-corrected chi connectivity index (χ3v) is 3.48. The molecule has 0 radical (unpaired) electrons. The molecule has 0 bridgehead atoms. The summed E-state index contributed by atoms with van der Waals surface area (Å²) in [6.45, 7) is 1.04. The fourth-order valence-electron chi connectivity index (χ4n) is 2.32. The molecule has 9 heteroatoms. The highest BCUT2D eigenvalue weighted by Crippen LogP contribution is 2.28. The second-order valence-electron chi connectivity index (χ2n) is 5.29. The van der Waals surface area contributed by atoms with Gasteiger partial charge in [-0.3, -0.25) is 4.79 Å². The molecule has 0 aromatic carbocycles. The molecular formula is C16H15F2N3O4. The van der Waals surface area contributed by atoms with Crippen LogP contribution in [0, 0.1) is 11.9 Å². The van der Waals surface area contributed by atoms with Gasteiger partial charge in [0.1, 0.15) is 6.10 Å². The Morgan fingerprint density at radius 3 is 2.72 bits per heavy atom. The van der Waals surface area contributed by atoms with Crippen LogP contribution in [0.2, 0.25) is 0 Å². The molecule has 2 aromatic rings. The second-order valence-corrected chi connectivity index (χ2v) is 5.29. The van der Waals surface area contributed by atoms with Gasteiger partial charge in [-0.05, 0) is 0 Å². The average Bonchev–Trinajstić information content (AvgIpc) is 3.06. The predicted octanol–water partition coefficient (Wildman–Crippen LogP) is 2.18. The number of pyridine rings is 2. The van der Waals surface area contributed by atoms with Crippen LogP contribution in [-0.2, 0) is 4.74 Å². The summed E-state index contributed by atoms with van der Waals surface area (Å²) in [6, 6.07) is 3.27. The average molecular weight is 351 g/mol. The molecule has 1 fully saturated rings. The number of hydrogen-bond acceptors (Lipinski definition) is 6. The number of nitrogens with zero attached hydrogens (tertiary/aromatic N) is 2. The van der Waals surface area contributed by atoms with Gasteiger partial charge in [0.2, 0.25) is 11.9 Å². The highest BCUT2D eigenvalue weighted by molar-refractivity contribution is 6.04. The van der Waals surface area contributed by atoms with Crippen molar-refractivity contribution >= 4 is 11.6 Å². The molecule has 25 heavy (non-hydrogen) atoms. The Morgan fingerprint density at radius 2 is 2.08 bits per heavy atom. The fourth-order valence-corrected chi connectivity index (χ4v) is 2.32. The number of aromatic nitrogens is 2. The van der Waals surface area contributed by atoms with Crippen molar-refractivity contribution in [2.24, 2.45) is 0 Å². The van der Waals surface area contributed by atoms with E-state index < -0.39 is 17.8 Å². The van der Waals surface area contributed by atoms with E-state index in [4.69, 9.17) is 14.2 Å². The summed E-state index contributed by atoms with van der Waals surface area (Å²) in [5, 5.41) is 2.38. The molecule has 1 aliphatic rings. The normalized spacial score (nSPS) is 16.5. The van der Waals surface area contributed by atoms with Crippen LogP contribution in [0.25, 0.3) is 0 Å². The lowest BCUT2D eigenvalue weighted by Gasteiger charge is -2.15. The van der Waals surface area contributed by atoms with Crippen LogP contribution in [-0.4, -0.2) is 42.3 Å². The maximum absolute atomic E-state index is 13.1. The van der Waals surface area contributed by atoms with Crippen molar-refractivity contribution in [1.29, 1.82) is 0 Å². The molecule has 0 saturated carbocycles. The first-order valence-corrected chi connectivity index (χ1v) is 7.48. The Bertz CT molecular complexity index is 762. The number of hydrogen-bond donors (Lipinski definition) is 1. The smallest absolute Gasteiger partial charge is 0.257 e. The van der Waals surface area contributed by atoms with Crippen LogP contribution < -0.4 is 14.8 Å². The Morgan fingerprint density at radius 1 is 1.32 bits per heavy atom. The van der Waals surface area contributed by atoms with E-state index in [1.54, 1.807) is 0 Å². The Balaban J connectivity index is 1.79. The van der Waals surface area contributed by atoms with Crippen LogP contribution in [0.3, 0.4) is 0 Å². The summed E-state index contributed by atoms with van der Waals surface area (Å²) in [6.07, 6.45) is 1.84. The molecule has 1 unspecified atom stereocenters. The molecule has 1 atom stereocenters. The van der Waals surface area contributed by atoms with Crippen LogP contribution in [0.5, 0.6) is 11.6 Å². The van der Waals surface area contributed by atoms with Gasteiger partial charge in [-0.15, -0.1) is 0 Å². The zero-order valence-electron chi connectivity index (χ0n) is 13.3. The minimum Gasteiger partial charge on any atom is -0.482 e. The molecule has 2 aromatic heterocycles. The van der Waals surface area contributed by atoms with E-state index >= 15 is 0 Å². The number of amides is 1. The van der Waals surface area contributed by atoms with E-state index in [1.807, 2.05) is 0 Å². The first-order chi connectivity index (χ1) is 12.0. The van der Waals surface area contributed by atoms with Gasteiger partial charge in [0.05, 0.1) is 31.6 Å². The van der Waals surface area contributed by atoms with Gasteiger partial charge in [0.25, 0.3) is 11.8 Å². The molecular weight excluding hydrogens is 336 g/mol. The maximum atomic E-state index is 13.1. The van der Waals surface area contributed by atoms with Crippen molar-refractivity contribution in [3.63, 3.8) is 0 Å². The van der Waals surface area contributed by atoms with Crippen molar-refractivity contribution in [2.45, 2.75) is 12.5 Å². The molecule has 0 aliphatic carbocycles. The second kappa shape index (κ2) is 7.39. The number of carbonyl (C=O) groups excluding carboxylic acids is 1. The Hall–Kier alpha value is -2.81. The zero-order chi connectivity index (χ0) is 17.8. The summed E-state index contributed by atoms with van der Waals surface area (Å²) in [5.41, 5.74) is 0.0878. The van der Waals surface area contributed by atoms with Crippen molar-refractivity contribution in [3.05, 3.63) is 41.9 Å².